The second-order valence-corrected chi connectivity index (χ2v) is 7.92. The molecule has 4 nitrogen and oxygen atoms in total. The molecule has 0 radical (unpaired) electrons. The second kappa shape index (κ2) is 7.30. The Morgan fingerprint density at radius 1 is 0.955 bits per heavy atom. The predicted molar refractivity (Wildman–Crippen MR) is 86.3 cm³/mol. The van der Waals surface area contributed by atoms with Gasteiger partial charge in [0.15, 0.2) is 5.92 Å². The molecule has 0 aliphatic heterocycles. The first-order chi connectivity index (χ1) is 9.99. The number of allylic oxidation sites excluding steroid dienone is 2. The molecule has 0 heterocycles. The Labute approximate surface area is 134 Å². The number of carbonyl (C=O) groups is 2. The van der Waals surface area contributed by atoms with Crippen LogP contribution in [0.2, 0.25) is 0 Å². The maximum atomic E-state index is 12.5. The van der Waals surface area contributed by atoms with E-state index in [0.29, 0.717) is 0 Å². The molecule has 0 unspecified atom stereocenters. The normalized spacial score (nSPS) is 19.7. The number of rotatable bonds is 3. The van der Waals surface area contributed by atoms with Crippen LogP contribution in [-0.4, -0.2) is 23.1 Å². The van der Waals surface area contributed by atoms with Gasteiger partial charge < -0.3 is 9.47 Å². The third kappa shape index (κ3) is 6.63. The minimum Gasteiger partial charge on any atom is -0.459 e. The van der Waals surface area contributed by atoms with E-state index in [4.69, 9.17) is 9.47 Å². The van der Waals surface area contributed by atoms with Crippen molar-refractivity contribution < 1.29 is 19.1 Å². The van der Waals surface area contributed by atoms with Gasteiger partial charge in [0.25, 0.3) is 0 Å². The molecule has 1 atom stereocenters. The minimum atomic E-state index is -0.882. The SMILES string of the molecule is CC(C)(C)OC(=O)C(C(=O)OC(C)(C)C)[C@@H]1C=CCCCC1. The van der Waals surface area contributed by atoms with Crippen LogP contribution in [0.4, 0.5) is 0 Å². The monoisotopic (exact) mass is 310 g/mol. The Balaban J connectivity index is 2.98. The van der Waals surface area contributed by atoms with E-state index < -0.39 is 29.1 Å². The molecule has 0 saturated carbocycles. The van der Waals surface area contributed by atoms with Crippen LogP contribution in [0.15, 0.2) is 12.2 Å². The van der Waals surface area contributed by atoms with Crippen molar-refractivity contribution in [1.82, 2.24) is 0 Å². The van der Waals surface area contributed by atoms with E-state index in [1.165, 1.54) is 0 Å². The first-order valence-corrected chi connectivity index (χ1v) is 8.12. The van der Waals surface area contributed by atoms with E-state index in [9.17, 15) is 9.59 Å². The van der Waals surface area contributed by atoms with Gasteiger partial charge in [-0.25, -0.2) is 0 Å². The Kier molecular flexibility index (Phi) is 6.21. The molecular weight excluding hydrogens is 280 g/mol. The molecule has 1 aliphatic carbocycles. The molecule has 0 aromatic carbocycles. The van der Waals surface area contributed by atoms with Gasteiger partial charge in [0.2, 0.25) is 0 Å². The molecule has 126 valence electrons. The van der Waals surface area contributed by atoms with Crippen molar-refractivity contribution in [2.75, 3.05) is 0 Å². The molecule has 1 aliphatic rings. The molecule has 0 fully saturated rings. The zero-order valence-corrected chi connectivity index (χ0v) is 14.8. The Bertz CT molecular complexity index is 395. The highest BCUT2D eigenvalue weighted by Crippen LogP contribution is 2.29. The molecule has 0 saturated heterocycles. The lowest BCUT2D eigenvalue weighted by Crippen LogP contribution is -2.40. The molecule has 0 spiro atoms. The summed E-state index contributed by atoms with van der Waals surface area (Å²) in [4.78, 5) is 25.1. The molecule has 1 rings (SSSR count). The van der Waals surface area contributed by atoms with Crippen LogP contribution in [0.5, 0.6) is 0 Å². The number of carbonyl (C=O) groups excluding carboxylic acids is 2. The lowest BCUT2D eigenvalue weighted by atomic mass is 9.88. The summed E-state index contributed by atoms with van der Waals surface area (Å²) in [7, 11) is 0. The van der Waals surface area contributed by atoms with E-state index in [2.05, 4.69) is 6.08 Å². The molecule has 0 bridgehead atoms. The van der Waals surface area contributed by atoms with E-state index in [1.807, 2.05) is 6.08 Å². The summed E-state index contributed by atoms with van der Waals surface area (Å²) in [6.07, 6.45) is 7.92. The van der Waals surface area contributed by atoms with Crippen molar-refractivity contribution in [3.63, 3.8) is 0 Å². The highest BCUT2D eigenvalue weighted by molar-refractivity contribution is 5.95. The van der Waals surface area contributed by atoms with Crippen molar-refractivity contribution in [2.45, 2.75) is 78.4 Å². The summed E-state index contributed by atoms with van der Waals surface area (Å²) in [5.74, 6) is -2.00. The fraction of sp³-hybridized carbons (Fsp3) is 0.778. The van der Waals surface area contributed by atoms with Crippen LogP contribution in [-0.2, 0) is 19.1 Å². The van der Waals surface area contributed by atoms with Crippen LogP contribution in [0.1, 0.15) is 67.2 Å². The van der Waals surface area contributed by atoms with Gasteiger partial charge in [-0.2, -0.15) is 0 Å². The average Bonchev–Trinajstić information content (AvgIpc) is 2.52. The molecule has 0 N–H and O–H groups in total. The van der Waals surface area contributed by atoms with Crippen LogP contribution in [0.25, 0.3) is 0 Å². The van der Waals surface area contributed by atoms with Crippen molar-refractivity contribution in [1.29, 1.82) is 0 Å². The van der Waals surface area contributed by atoms with Crippen LogP contribution >= 0.6 is 0 Å². The van der Waals surface area contributed by atoms with Crippen LogP contribution in [0, 0.1) is 11.8 Å². The van der Waals surface area contributed by atoms with Gasteiger partial charge in [0, 0.05) is 5.92 Å². The van der Waals surface area contributed by atoms with Gasteiger partial charge in [-0.05, 0) is 60.8 Å². The summed E-state index contributed by atoms with van der Waals surface area (Å²) in [6, 6.07) is 0. The molecular formula is C18H30O4. The fourth-order valence-corrected chi connectivity index (χ4v) is 2.46. The van der Waals surface area contributed by atoms with Crippen molar-refractivity contribution in [3.05, 3.63) is 12.2 Å². The van der Waals surface area contributed by atoms with Crippen molar-refractivity contribution in [3.8, 4) is 0 Å². The van der Waals surface area contributed by atoms with E-state index in [1.54, 1.807) is 41.5 Å². The highest BCUT2D eigenvalue weighted by Gasteiger charge is 2.39. The largest absolute Gasteiger partial charge is 0.459 e. The molecule has 0 aromatic rings. The van der Waals surface area contributed by atoms with E-state index in [-0.39, 0.29) is 5.92 Å². The summed E-state index contributed by atoms with van der Waals surface area (Å²) < 4.78 is 10.9. The zero-order chi connectivity index (χ0) is 17.0. The minimum absolute atomic E-state index is 0.146. The standard InChI is InChI=1S/C18H30O4/c1-17(2,3)21-15(19)14(16(20)22-18(4,5)6)13-11-9-7-8-10-12-13/h9,11,13-14H,7-8,10,12H2,1-6H3/t13-/m1/s1. The third-order valence-electron chi connectivity index (χ3n) is 3.29. The molecule has 0 aromatic heterocycles. The first-order valence-electron chi connectivity index (χ1n) is 8.12. The van der Waals surface area contributed by atoms with Gasteiger partial charge in [0.1, 0.15) is 11.2 Å². The van der Waals surface area contributed by atoms with Crippen molar-refractivity contribution in [2.24, 2.45) is 11.8 Å². The second-order valence-electron chi connectivity index (χ2n) is 7.92. The maximum Gasteiger partial charge on any atom is 0.321 e. The predicted octanol–water partition coefficient (Wildman–Crippen LogP) is 4.03. The van der Waals surface area contributed by atoms with Crippen molar-refractivity contribution >= 4 is 11.9 Å². The van der Waals surface area contributed by atoms with E-state index in [0.717, 1.165) is 25.7 Å². The lowest BCUT2D eigenvalue weighted by Gasteiger charge is -2.29. The Morgan fingerprint density at radius 2 is 1.45 bits per heavy atom. The summed E-state index contributed by atoms with van der Waals surface area (Å²) in [5, 5.41) is 0. The van der Waals surface area contributed by atoms with Crippen LogP contribution in [0.3, 0.4) is 0 Å². The Morgan fingerprint density at radius 3 is 1.91 bits per heavy atom. The van der Waals surface area contributed by atoms with Crippen LogP contribution < -0.4 is 0 Å². The van der Waals surface area contributed by atoms with Gasteiger partial charge in [-0.3, -0.25) is 9.59 Å². The van der Waals surface area contributed by atoms with Gasteiger partial charge in [0.05, 0.1) is 0 Å². The van der Waals surface area contributed by atoms with E-state index >= 15 is 0 Å². The quantitative estimate of drug-likeness (QED) is 0.448. The smallest absolute Gasteiger partial charge is 0.321 e. The summed E-state index contributed by atoms with van der Waals surface area (Å²) in [5.41, 5.74) is -1.24. The first kappa shape index (κ1) is 18.7. The molecule has 4 heteroatoms. The lowest BCUT2D eigenvalue weighted by molar-refractivity contribution is -0.176. The zero-order valence-electron chi connectivity index (χ0n) is 14.8. The Hall–Kier alpha value is -1.32. The third-order valence-corrected chi connectivity index (χ3v) is 3.29. The molecule has 0 amide bonds. The van der Waals surface area contributed by atoms with Gasteiger partial charge in [-0.15, -0.1) is 0 Å². The van der Waals surface area contributed by atoms with Gasteiger partial charge in [-0.1, -0.05) is 18.6 Å². The number of esters is 2. The summed E-state index contributed by atoms with van der Waals surface area (Å²) in [6.45, 7) is 10.8. The number of ether oxygens (including phenoxy) is 2. The fourth-order valence-electron chi connectivity index (χ4n) is 2.46. The number of hydrogen-bond donors (Lipinski definition) is 0. The van der Waals surface area contributed by atoms with Gasteiger partial charge >= 0.3 is 11.9 Å². The summed E-state index contributed by atoms with van der Waals surface area (Å²) >= 11 is 0. The topological polar surface area (TPSA) is 52.6 Å². The maximum absolute atomic E-state index is 12.5. The highest BCUT2D eigenvalue weighted by atomic mass is 16.6. The molecule has 22 heavy (non-hydrogen) atoms. The number of hydrogen-bond acceptors (Lipinski definition) is 4. The average molecular weight is 310 g/mol.